The molecule has 0 N–H and O–H groups in total. The molecule has 2 heterocycles. The van der Waals surface area contributed by atoms with Crippen molar-refractivity contribution >= 4 is 75.9 Å². The number of hydrogen-bond acceptors (Lipinski definition) is 0. The van der Waals surface area contributed by atoms with E-state index in [4.69, 9.17) is 0 Å². The fourth-order valence-corrected chi connectivity index (χ4v) is 10.2. The first-order chi connectivity index (χ1) is 27.8. The van der Waals surface area contributed by atoms with Crippen LogP contribution in [-0.2, 0) is 0 Å². The lowest BCUT2D eigenvalue weighted by molar-refractivity contribution is 0.443. The summed E-state index contributed by atoms with van der Waals surface area (Å²) in [5.74, 6) is 0.659. The van der Waals surface area contributed by atoms with E-state index in [1.807, 2.05) is 0 Å². The van der Waals surface area contributed by atoms with Gasteiger partial charge in [-0.15, -0.1) is 0 Å². The summed E-state index contributed by atoms with van der Waals surface area (Å²) >= 11 is 0. The molecule has 2 aromatic heterocycles. The first-order valence-corrected chi connectivity index (χ1v) is 20.3. The summed E-state index contributed by atoms with van der Waals surface area (Å²) < 4.78 is 4.98. The minimum Gasteiger partial charge on any atom is -0.309 e. The molecule has 1 saturated carbocycles. The number of aromatic nitrogens is 2. The molecule has 1 aliphatic rings. The number of para-hydroxylation sites is 2. The molecule has 0 bridgehead atoms. The van der Waals surface area contributed by atoms with E-state index in [1.54, 1.807) is 0 Å². The normalized spacial score (nSPS) is 14.0. The SMILES string of the molecule is c1cc(C2CCCCC2)cc(-n2c3ccccc3c3ccc(-c4ccc5c6ccccc6n(-c6ccc7c8ccccc8c8ccccc8c7c6)c5c4)cc32)c1. The highest BCUT2D eigenvalue weighted by Crippen LogP contribution is 2.41. The van der Waals surface area contributed by atoms with Crippen LogP contribution in [0.15, 0.2) is 176 Å². The summed E-state index contributed by atoms with van der Waals surface area (Å²) in [7, 11) is 0. The molecule has 11 aromatic rings. The zero-order valence-electron chi connectivity index (χ0n) is 31.3. The molecular weight excluding hydrogens is 677 g/mol. The molecule has 2 nitrogen and oxygen atoms in total. The zero-order chi connectivity index (χ0) is 36.7. The third kappa shape index (κ3) is 4.75. The van der Waals surface area contributed by atoms with Gasteiger partial charge < -0.3 is 9.13 Å². The van der Waals surface area contributed by atoms with E-state index in [2.05, 4.69) is 185 Å². The third-order valence-electron chi connectivity index (χ3n) is 12.9. The predicted molar refractivity (Wildman–Crippen MR) is 239 cm³/mol. The van der Waals surface area contributed by atoms with Gasteiger partial charge in [-0.25, -0.2) is 0 Å². The predicted octanol–water partition coefficient (Wildman–Crippen LogP) is 15.1. The molecular formula is C54H40N2. The Bertz CT molecular complexity index is 3320. The van der Waals surface area contributed by atoms with Crippen LogP contribution in [0, 0.1) is 0 Å². The van der Waals surface area contributed by atoms with E-state index >= 15 is 0 Å². The number of nitrogens with zero attached hydrogens (tertiary/aromatic N) is 2. The Morgan fingerprint density at radius 2 is 0.750 bits per heavy atom. The fraction of sp³-hybridized carbons (Fsp3) is 0.111. The Hall–Kier alpha value is -6.64. The Kier molecular flexibility index (Phi) is 7.04. The van der Waals surface area contributed by atoms with Crippen LogP contribution in [0.2, 0.25) is 0 Å². The maximum atomic E-state index is 2.50. The van der Waals surface area contributed by atoms with Gasteiger partial charge >= 0.3 is 0 Å². The number of benzene rings is 9. The first kappa shape index (κ1) is 31.7. The maximum Gasteiger partial charge on any atom is 0.0547 e. The van der Waals surface area contributed by atoms with Gasteiger partial charge in [-0.05, 0) is 116 Å². The van der Waals surface area contributed by atoms with Crippen LogP contribution >= 0.6 is 0 Å². The van der Waals surface area contributed by atoms with E-state index in [0.717, 1.165) is 0 Å². The van der Waals surface area contributed by atoms with Gasteiger partial charge in [0.15, 0.2) is 0 Å². The molecule has 0 atom stereocenters. The minimum absolute atomic E-state index is 0.659. The Labute approximate surface area is 325 Å². The van der Waals surface area contributed by atoms with Crippen LogP contribution in [0.3, 0.4) is 0 Å². The molecule has 0 radical (unpaired) electrons. The van der Waals surface area contributed by atoms with Crippen LogP contribution in [0.25, 0.3) is 98.4 Å². The monoisotopic (exact) mass is 716 g/mol. The van der Waals surface area contributed by atoms with Gasteiger partial charge in [-0.3, -0.25) is 0 Å². The van der Waals surface area contributed by atoms with Crippen LogP contribution in [0.5, 0.6) is 0 Å². The van der Waals surface area contributed by atoms with E-state index in [-0.39, 0.29) is 0 Å². The lowest BCUT2D eigenvalue weighted by atomic mass is 9.84. The molecule has 266 valence electrons. The highest BCUT2D eigenvalue weighted by Gasteiger charge is 2.19. The number of hydrogen-bond donors (Lipinski definition) is 0. The Morgan fingerprint density at radius 1 is 0.304 bits per heavy atom. The summed E-state index contributed by atoms with van der Waals surface area (Å²) in [6.07, 6.45) is 6.65. The molecule has 9 aromatic carbocycles. The highest BCUT2D eigenvalue weighted by atomic mass is 15.0. The second-order valence-corrected chi connectivity index (χ2v) is 15.9. The number of fused-ring (bicyclic) bond motifs is 12. The quantitative estimate of drug-likeness (QED) is 0.161. The maximum absolute atomic E-state index is 2.50. The molecule has 0 saturated heterocycles. The van der Waals surface area contributed by atoms with Gasteiger partial charge in [0.05, 0.1) is 22.1 Å². The van der Waals surface area contributed by atoms with Gasteiger partial charge in [0.25, 0.3) is 0 Å². The van der Waals surface area contributed by atoms with Crippen LogP contribution in [0.1, 0.15) is 43.6 Å². The lowest BCUT2D eigenvalue weighted by Crippen LogP contribution is -2.05. The first-order valence-electron chi connectivity index (χ1n) is 20.3. The summed E-state index contributed by atoms with van der Waals surface area (Å²) in [5.41, 5.74) is 11.3. The summed E-state index contributed by atoms with van der Waals surface area (Å²) in [6, 6.07) is 66.0. The van der Waals surface area contributed by atoms with Gasteiger partial charge in [0.2, 0.25) is 0 Å². The molecule has 1 aliphatic carbocycles. The van der Waals surface area contributed by atoms with E-state index in [1.165, 1.54) is 136 Å². The largest absolute Gasteiger partial charge is 0.309 e. The standard InChI is InChI=1S/C54H40N2/c1-2-13-35(14-3-1)36-15-12-16-39(31-36)55-51-23-10-8-21-46(51)48-28-25-37(32-53(48)55)38-26-29-49-47-22-9-11-24-52(47)56(54(49)33-38)40-27-30-45-43-19-5-4-17-41(43)42-18-6-7-20-44(42)50(45)34-40/h4-12,15-35H,1-3,13-14H2. The average molecular weight is 717 g/mol. The Morgan fingerprint density at radius 3 is 1.32 bits per heavy atom. The molecule has 56 heavy (non-hydrogen) atoms. The average Bonchev–Trinajstić information content (AvgIpc) is 3.79. The van der Waals surface area contributed by atoms with Crippen LogP contribution < -0.4 is 0 Å². The molecule has 2 heteroatoms. The molecule has 0 amide bonds. The van der Waals surface area contributed by atoms with Gasteiger partial charge in [0.1, 0.15) is 0 Å². The van der Waals surface area contributed by atoms with Crippen molar-refractivity contribution in [2.45, 2.75) is 38.0 Å². The highest BCUT2D eigenvalue weighted by molar-refractivity contribution is 6.25. The summed E-state index contributed by atoms with van der Waals surface area (Å²) in [5, 5.41) is 12.9. The van der Waals surface area contributed by atoms with E-state index in [9.17, 15) is 0 Å². The van der Waals surface area contributed by atoms with Gasteiger partial charge in [-0.2, -0.15) is 0 Å². The smallest absolute Gasteiger partial charge is 0.0547 e. The van der Waals surface area contributed by atoms with Crippen molar-refractivity contribution in [3.63, 3.8) is 0 Å². The van der Waals surface area contributed by atoms with Crippen molar-refractivity contribution in [3.05, 3.63) is 181 Å². The Balaban J connectivity index is 1.06. The zero-order valence-corrected chi connectivity index (χ0v) is 31.3. The molecule has 0 spiro atoms. The van der Waals surface area contributed by atoms with Crippen molar-refractivity contribution < 1.29 is 0 Å². The van der Waals surface area contributed by atoms with Crippen LogP contribution in [-0.4, -0.2) is 9.13 Å². The molecule has 0 aliphatic heterocycles. The van der Waals surface area contributed by atoms with Crippen molar-refractivity contribution in [3.8, 4) is 22.5 Å². The second kappa shape index (κ2) is 12.4. The van der Waals surface area contributed by atoms with E-state index < -0.39 is 0 Å². The van der Waals surface area contributed by atoms with Crippen molar-refractivity contribution in [1.82, 2.24) is 9.13 Å². The molecule has 0 unspecified atom stereocenters. The van der Waals surface area contributed by atoms with Gasteiger partial charge in [0, 0.05) is 32.9 Å². The minimum atomic E-state index is 0.659. The van der Waals surface area contributed by atoms with Gasteiger partial charge in [-0.1, -0.05) is 147 Å². The fourth-order valence-electron chi connectivity index (χ4n) is 10.2. The summed E-state index contributed by atoms with van der Waals surface area (Å²) in [4.78, 5) is 0. The lowest BCUT2D eigenvalue weighted by Gasteiger charge is -2.22. The van der Waals surface area contributed by atoms with Crippen molar-refractivity contribution in [2.24, 2.45) is 0 Å². The molecule has 1 fully saturated rings. The molecule has 12 rings (SSSR count). The number of rotatable bonds is 4. The van der Waals surface area contributed by atoms with E-state index in [0.29, 0.717) is 5.92 Å². The second-order valence-electron chi connectivity index (χ2n) is 15.9. The van der Waals surface area contributed by atoms with Crippen molar-refractivity contribution in [2.75, 3.05) is 0 Å². The summed E-state index contributed by atoms with van der Waals surface area (Å²) in [6.45, 7) is 0. The van der Waals surface area contributed by atoms with Crippen LogP contribution in [0.4, 0.5) is 0 Å². The third-order valence-corrected chi connectivity index (χ3v) is 12.9. The topological polar surface area (TPSA) is 9.86 Å². The van der Waals surface area contributed by atoms with Crippen molar-refractivity contribution in [1.29, 1.82) is 0 Å².